The maximum Gasteiger partial charge on any atom is 0.258 e. The SMILES string of the molecule is O=C1NC(=O)c2cc3c(cc21)C=CC3. The van der Waals surface area contributed by atoms with Crippen LogP contribution in [0.3, 0.4) is 0 Å². The second kappa shape index (κ2) is 2.32. The maximum atomic E-state index is 11.3. The second-order valence-corrected chi connectivity index (χ2v) is 3.49. The third-order valence-electron chi connectivity index (χ3n) is 2.63. The first-order chi connectivity index (χ1) is 6.75. The Morgan fingerprint density at radius 2 is 1.79 bits per heavy atom. The molecule has 2 amide bonds. The number of imide groups is 1. The average molecular weight is 185 g/mol. The van der Waals surface area contributed by atoms with Crippen molar-refractivity contribution in [1.82, 2.24) is 5.32 Å². The summed E-state index contributed by atoms with van der Waals surface area (Å²) in [7, 11) is 0. The molecule has 0 saturated carbocycles. The summed E-state index contributed by atoms with van der Waals surface area (Å²) >= 11 is 0. The molecule has 1 aromatic rings. The fourth-order valence-electron chi connectivity index (χ4n) is 1.92. The Hall–Kier alpha value is -1.90. The van der Waals surface area contributed by atoms with Crippen LogP contribution < -0.4 is 5.32 Å². The van der Waals surface area contributed by atoms with Crippen LogP contribution in [0.15, 0.2) is 18.2 Å². The van der Waals surface area contributed by atoms with Crippen LogP contribution in [0.5, 0.6) is 0 Å². The van der Waals surface area contributed by atoms with Crippen molar-refractivity contribution >= 4 is 17.9 Å². The van der Waals surface area contributed by atoms with E-state index in [0.717, 1.165) is 17.5 Å². The van der Waals surface area contributed by atoms with Gasteiger partial charge in [-0.2, -0.15) is 0 Å². The van der Waals surface area contributed by atoms with E-state index >= 15 is 0 Å². The van der Waals surface area contributed by atoms with Gasteiger partial charge in [0.15, 0.2) is 0 Å². The largest absolute Gasteiger partial charge is 0.288 e. The number of carbonyl (C=O) groups excluding carboxylic acids is 2. The highest BCUT2D eigenvalue weighted by atomic mass is 16.2. The number of fused-ring (bicyclic) bond motifs is 2. The standard InChI is InChI=1S/C11H7NO2/c13-10-8-4-6-2-1-3-7(6)5-9(8)11(14)12-10/h1-2,4-5H,3H2,(H,12,13,14). The minimum absolute atomic E-state index is 0.278. The molecule has 68 valence electrons. The molecular formula is C11H7NO2. The lowest BCUT2D eigenvalue weighted by molar-refractivity contribution is 0.0879. The summed E-state index contributed by atoms with van der Waals surface area (Å²) in [5, 5.41) is 2.28. The molecule has 1 heterocycles. The van der Waals surface area contributed by atoms with E-state index in [1.807, 2.05) is 18.2 Å². The van der Waals surface area contributed by atoms with Crippen LogP contribution in [0.2, 0.25) is 0 Å². The van der Waals surface area contributed by atoms with Crippen molar-refractivity contribution < 1.29 is 9.59 Å². The highest BCUT2D eigenvalue weighted by Crippen LogP contribution is 2.26. The van der Waals surface area contributed by atoms with E-state index in [1.54, 1.807) is 6.07 Å². The molecule has 0 aromatic heterocycles. The van der Waals surface area contributed by atoms with Crippen LogP contribution in [0.1, 0.15) is 31.8 Å². The quantitative estimate of drug-likeness (QED) is 0.616. The number of amides is 2. The first-order valence-corrected chi connectivity index (χ1v) is 4.45. The van der Waals surface area contributed by atoms with Crippen LogP contribution in [0, 0.1) is 0 Å². The van der Waals surface area contributed by atoms with E-state index in [4.69, 9.17) is 0 Å². The van der Waals surface area contributed by atoms with Gasteiger partial charge in [-0.3, -0.25) is 14.9 Å². The number of benzene rings is 1. The van der Waals surface area contributed by atoms with Crippen molar-refractivity contribution in [3.8, 4) is 0 Å². The molecule has 0 fully saturated rings. The van der Waals surface area contributed by atoms with E-state index in [0.29, 0.717) is 11.1 Å². The first kappa shape index (κ1) is 7.50. The molecule has 14 heavy (non-hydrogen) atoms. The lowest BCUT2D eigenvalue weighted by Crippen LogP contribution is -2.19. The molecule has 2 aliphatic rings. The highest BCUT2D eigenvalue weighted by Gasteiger charge is 2.28. The number of carbonyl (C=O) groups is 2. The molecule has 1 aliphatic carbocycles. The zero-order valence-electron chi connectivity index (χ0n) is 7.33. The first-order valence-electron chi connectivity index (χ1n) is 4.45. The molecule has 0 spiro atoms. The van der Waals surface area contributed by atoms with Crippen LogP contribution in [0.25, 0.3) is 6.08 Å². The molecule has 0 bridgehead atoms. The second-order valence-electron chi connectivity index (χ2n) is 3.49. The van der Waals surface area contributed by atoms with Gasteiger partial charge in [0.25, 0.3) is 11.8 Å². The lowest BCUT2D eigenvalue weighted by Gasteiger charge is -2.00. The van der Waals surface area contributed by atoms with Gasteiger partial charge < -0.3 is 0 Å². The zero-order chi connectivity index (χ0) is 9.71. The number of hydrogen-bond donors (Lipinski definition) is 1. The Kier molecular flexibility index (Phi) is 1.24. The van der Waals surface area contributed by atoms with Gasteiger partial charge in [-0.15, -0.1) is 0 Å². The Morgan fingerprint density at radius 3 is 2.57 bits per heavy atom. The molecule has 0 saturated heterocycles. The molecule has 1 aromatic carbocycles. The van der Waals surface area contributed by atoms with Crippen molar-refractivity contribution in [3.05, 3.63) is 40.5 Å². The molecule has 0 unspecified atom stereocenters. The highest BCUT2D eigenvalue weighted by molar-refractivity contribution is 6.21. The van der Waals surface area contributed by atoms with E-state index in [2.05, 4.69) is 5.32 Å². The Balaban J connectivity index is 2.30. The van der Waals surface area contributed by atoms with E-state index in [9.17, 15) is 9.59 Å². The molecule has 0 atom stereocenters. The third-order valence-corrected chi connectivity index (χ3v) is 2.63. The van der Waals surface area contributed by atoms with Gasteiger partial charge in [-0.1, -0.05) is 12.2 Å². The van der Waals surface area contributed by atoms with Gasteiger partial charge in [-0.25, -0.2) is 0 Å². The zero-order valence-corrected chi connectivity index (χ0v) is 7.33. The average Bonchev–Trinajstić information content (AvgIpc) is 2.70. The van der Waals surface area contributed by atoms with Crippen LogP contribution in [0.4, 0.5) is 0 Å². The number of hydrogen-bond acceptors (Lipinski definition) is 2. The van der Waals surface area contributed by atoms with E-state index in [-0.39, 0.29) is 11.8 Å². The third kappa shape index (κ3) is 0.812. The molecule has 3 rings (SSSR count). The van der Waals surface area contributed by atoms with Gasteiger partial charge in [0.2, 0.25) is 0 Å². The van der Waals surface area contributed by atoms with Crippen molar-refractivity contribution in [1.29, 1.82) is 0 Å². The smallest absolute Gasteiger partial charge is 0.258 e. The van der Waals surface area contributed by atoms with E-state index in [1.165, 1.54) is 0 Å². The normalized spacial score (nSPS) is 16.9. The van der Waals surface area contributed by atoms with Crippen molar-refractivity contribution in [2.24, 2.45) is 0 Å². The summed E-state index contributed by atoms with van der Waals surface area (Å²) < 4.78 is 0. The molecule has 3 nitrogen and oxygen atoms in total. The fraction of sp³-hybridized carbons (Fsp3) is 0.0909. The molecular weight excluding hydrogens is 178 g/mol. The maximum absolute atomic E-state index is 11.3. The Bertz CT molecular complexity index is 500. The fourth-order valence-corrected chi connectivity index (χ4v) is 1.92. The predicted molar refractivity (Wildman–Crippen MR) is 51.0 cm³/mol. The number of nitrogens with one attached hydrogen (secondary N) is 1. The van der Waals surface area contributed by atoms with Crippen molar-refractivity contribution in [2.75, 3.05) is 0 Å². The Morgan fingerprint density at radius 1 is 1.07 bits per heavy atom. The van der Waals surface area contributed by atoms with E-state index < -0.39 is 0 Å². The van der Waals surface area contributed by atoms with Gasteiger partial charge in [-0.05, 0) is 29.7 Å². The minimum Gasteiger partial charge on any atom is -0.288 e. The topological polar surface area (TPSA) is 46.2 Å². The predicted octanol–water partition coefficient (Wildman–Crippen LogP) is 1.14. The number of rotatable bonds is 0. The van der Waals surface area contributed by atoms with Crippen molar-refractivity contribution in [3.63, 3.8) is 0 Å². The van der Waals surface area contributed by atoms with Gasteiger partial charge in [0.1, 0.15) is 0 Å². The molecule has 0 radical (unpaired) electrons. The number of allylic oxidation sites excluding steroid dienone is 1. The van der Waals surface area contributed by atoms with Crippen LogP contribution in [-0.4, -0.2) is 11.8 Å². The van der Waals surface area contributed by atoms with Gasteiger partial charge in [0, 0.05) is 0 Å². The minimum atomic E-state index is -0.284. The molecule has 1 N–H and O–H groups in total. The van der Waals surface area contributed by atoms with Gasteiger partial charge in [0.05, 0.1) is 11.1 Å². The monoisotopic (exact) mass is 185 g/mol. The van der Waals surface area contributed by atoms with Gasteiger partial charge >= 0.3 is 0 Å². The van der Waals surface area contributed by atoms with Crippen LogP contribution in [-0.2, 0) is 6.42 Å². The summed E-state index contributed by atoms with van der Waals surface area (Å²) in [6, 6.07) is 3.60. The Labute approximate surface area is 80.4 Å². The lowest BCUT2D eigenvalue weighted by atomic mass is 10.0. The summed E-state index contributed by atoms with van der Waals surface area (Å²) in [6.07, 6.45) is 4.86. The van der Waals surface area contributed by atoms with Crippen molar-refractivity contribution in [2.45, 2.75) is 6.42 Å². The summed E-state index contributed by atoms with van der Waals surface area (Å²) in [5.74, 6) is -0.562. The summed E-state index contributed by atoms with van der Waals surface area (Å²) in [5.41, 5.74) is 3.18. The summed E-state index contributed by atoms with van der Waals surface area (Å²) in [6.45, 7) is 0. The van der Waals surface area contributed by atoms with Crippen LogP contribution >= 0.6 is 0 Å². The molecule has 1 aliphatic heterocycles. The molecule has 3 heteroatoms. The summed E-state index contributed by atoms with van der Waals surface area (Å²) in [4.78, 5) is 22.6.